The maximum absolute atomic E-state index is 13.2. The number of hydrogen-bond donors (Lipinski definition) is 2. The molecule has 1 fully saturated rings. The summed E-state index contributed by atoms with van der Waals surface area (Å²) in [5.41, 5.74) is 1.75. The van der Waals surface area contributed by atoms with Crippen molar-refractivity contribution in [2.24, 2.45) is 16.6 Å². The van der Waals surface area contributed by atoms with Crippen LogP contribution in [0.3, 0.4) is 0 Å². The van der Waals surface area contributed by atoms with Gasteiger partial charge in [0.2, 0.25) is 5.91 Å². The van der Waals surface area contributed by atoms with E-state index in [1.807, 2.05) is 0 Å². The van der Waals surface area contributed by atoms with Crippen LogP contribution < -0.4 is 11.1 Å². The van der Waals surface area contributed by atoms with Crippen LogP contribution in [0, 0.1) is 10.8 Å². The number of hydrogen-bond acceptors (Lipinski definition) is 8. The smallest absolute Gasteiger partial charge is 0.338 e. The van der Waals surface area contributed by atoms with Gasteiger partial charge in [0.15, 0.2) is 0 Å². The Labute approximate surface area is 199 Å². The molecule has 0 saturated carbocycles. The van der Waals surface area contributed by atoms with Gasteiger partial charge in [-0.15, -0.1) is 5.06 Å². The summed E-state index contributed by atoms with van der Waals surface area (Å²) in [6.45, 7) is 11.4. The Bertz CT molecular complexity index is 928. The quantitative estimate of drug-likeness (QED) is 0.463. The second kappa shape index (κ2) is 8.94. The number of nitrogens with two attached hydrogens (primary N) is 1. The number of nitrogens with one attached hydrogen (secondary N) is 1. The molecule has 3 N–H and O–H groups in total. The van der Waals surface area contributed by atoms with E-state index in [-0.39, 0.29) is 25.7 Å². The number of imide groups is 2. The second-order valence-electron chi connectivity index (χ2n) is 11.1. The molecule has 11 heteroatoms. The molecule has 1 saturated heterocycles. The zero-order valence-corrected chi connectivity index (χ0v) is 20.8. The first-order valence-electron chi connectivity index (χ1n) is 11.1. The largest absolute Gasteiger partial charge is 0.351 e. The molecule has 11 nitrogen and oxygen atoms in total. The molecule has 0 aromatic heterocycles. The lowest BCUT2D eigenvalue weighted by molar-refractivity contribution is -0.204. The maximum atomic E-state index is 13.2. The van der Waals surface area contributed by atoms with Crippen molar-refractivity contribution in [3.8, 4) is 0 Å². The molecular formula is C23H34N4O7. The minimum absolute atomic E-state index is 0.00603. The SMILES string of the molecule is CC(C)(CC(C)(C)C(=O)ON1C(=O)CCC1=O)NC(=O)C(C)(C)CC(C)(N)N1C(=O)C=CC1=O. The summed E-state index contributed by atoms with van der Waals surface area (Å²) in [5, 5.41) is 3.40. The van der Waals surface area contributed by atoms with Gasteiger partial charge in [-0.3, -0.25) is 28.9 Å². The van der Waals surface area contributed by atoms with E-state index in [9.17, 15) is 28.8 Å². The summed E-state index contributed by atoms with van der Waals surface area (Å²) in [4.78, 5) is 79.4. The molecule has 2 aliphatic heterocycles. The van der Waals surface area contributed by atoms with Crippen LogP contribution in [0.2, 0.25) is 0 Å². The zero-order chi connectivity index (χ0) is 26.3. The van der Waals surface area contributed by atoms with Gasteiger partial charge in [-0.25, -0.2) is 4.79 Å². The second-order valence-corrected chi connectivity index (χ2v) is 11.1. The van der Waals surface area contributed by atoms with Gasteiger partial charge in [-0.05, 0) is 47.5 Å². The normalized spacial score (nSPS) is 19.1. The Morgan fingerprint density at radius 3 is 1.82 bits per heavy atom. The van der Waals surface area contributed by atoms with E-state index in [1.165, 1.54) is 6.92 Å². The van der Waals surface area contributed by atoms with Gasteiger partial charge in [0, 0.05) is 35.9 Å². The molecule has 0 aromatic rings. The average Bonchev–Trinajstić information content (AvgIpc) is 3.15. The predicted molar refractivity (Wildman–Crippen MR) is 120 cm³/mol. The Morgan fingerprint density at radius 2 is 1.35 bits per heavy atom. The van der Waals surface area contributed by atoms with E-state index in [1.54, 1.807) is 41.5 Å². The van der Waals surface area contributed by atoms with Gasteiger partial charge in [0.1, 0.15) is 0 Å². The fourth-order valence-electron chi connectivity index (χ4n) is 4.52. The molecule has 1 atom stereocenters. The summed E-state index contributed by atoms with van der Waals surface area (Å²) < 4.78 is 0. The summed E-state index contributed by atoms with van der Waals surface area (Å²) in [5.74, 6) is -3.39. The topological polar surface area (TPSA) is 156 Å². The highest BCUT2D eigenvalue weighted by molar-refractivity contribution is 6.13. The zero-order valence-electron chi connectivity index (χ0n) is 20.8. The molecule has 2 rings (SSSR count). The first-order chi connectivity index (χ1) is 15.3. The van der Waals surface area contributed by atoms with E-state index in [0.29, 0.717) is 5.06 Å². The molecule has 0 aromatic carbocycles. The lowest BCUT2D eigenvalue weighted by atomic mass is 9.77. The highest BCUT2D eigenvalue weighted by Gasteiger charge is 2.46. The summed E-state index contributed by atoms with van der Waals surface area (Å²) >= 11 is 0. The Balaban J connectivity index is 2.05. The van der Waals surface area contributed by atoms with E-state index in [4.69, 9.17) is 10.6 Å². The molecule has 0 bridgehead atoms. The van der Waals surface area contributed by atoms with E-state index in [2.05, 4.69) is 5.32 Å². The van der Waals surface area contributed by atoms with Gasteiger partial charge in [-0.2, -0.15) is 0 Å². The van der Waals surface area contributed by atoms with Crippen LogP contribution in [0.5, 0.6) is 0 Å². The van der Waals surface area contributed by atoms with Gasteiger partial charge < -0.3 is 15.9 Å². The van der Waals surface area contributed by atoms with Crippen LogP contribution in [0.4, 0.5) is 0 Å². The number of nitrogens with zero attached hydrogens (tertiary/aromatic N) is 2. The van der Waals surface area contributed by atoms with Crippen molar-refractivity contribution >= 4 is 35.5 Å². The summed E-state index contributed by atoms with van der Waals surface area (Å²) in [7, 11) is 0. The molecule has 34 heavy (non-hydrogen) atoms. The van der Waals surface area contributed by atoms with Crippen LogP contribution >= 0.6 is 0 Å². The number of amides is 5. The maximum Gasteiger partial charge on any atom is 0.338 e. The highest BCUT2D eigenvalue weighted by Crippen LogP contribution is 2.34. The third kappa shape index (κ3) is 5.88. The molecule has 0 aliphatic carbocycles. The van der Waals surface area contributed by atoms with E-state index < -0.39 is 57.5 Å². The minimum Gasteiger partial charge on any atom is -0.351 e. The van der Waals surface area contributed by atoms with Gasteiger partial charge in [0.05, 0.1) is 11.1 Å². The van der Waals surface area contributed by atoms with E-state index >= 15 is 0 Å². The third-order valence-electron chi connectivity index (χ3n) is 5.80. The Kier molecular flexibility index (Phi) is 7.14. The molecule has 0 spiro atoms. The van der Waals surface area contributed by atoms with Gasteiger partial charge in [-0.1, -0.05) is 13.8 Å². The van der Waals surface area contributed by atoms with Crippen molar-refractivity contribution in [3.05, 3.63) is 12.2 Å². The number of carbonyl (C=O) groups is 6. The van der Waals surface area contributed by atoms with E-state index in [0.717, 1.165) is 17.1 Å². The highest BCUT2D eigenvalue weighted by atomic mass is 16.7. The van der Waals surface area contributed by atoms with Crippen molar-refractivity contribution in [2.75, 3.05) is 0 Å². The van der Waals surface area contributed by atoms with Crippen LogP contribution in [0.25, 0.3) is 0 Å². The molecule has 2 aliphatic rings. The number of rotatable bonds is 9. The van der Waals surface area contributed by atoms with Crippen molar-refractivity contribution in [2.45, 2.75) is 85.4 Å². The lowest BCUT2D eigenvalue weighted by Crippen LogP contribution is -2.60. The van der Waals surface area contributed by atoms with Crippen molar-refractivity contribution in [1.29, 1.82) is 0 Å². The van der Waals surface area contributed by atoms with Gasteiger partial charge >= 0.3 is 5.97 Å². The number of carbonyl (C=O) groups excluding carboxylic acids is 6. The van der Waals surface area contributed by atoms with Crippen LogP contribution in [-0.4, -0.2) is 56.7 Å². The fourth-order valence-corrected chi connectivity index (χ4v) is 4.52. The Hall–Kier alpha value is -3.08. The summed E-state index contributed by atoms with van der Waals surface area (Å²) in [6.07, 6.45) is 2.37. The molecule has 0 radical (unpaired) electrons. The average molecular weight is 479 g/mol. The number of hydroxylamine groups is 2. The first kappa shape index (κ1) is 27.2. The van der Waals surface area contributed by atoms with Crippen LogP contribution in [-0.2, 0) is 33.6 Å². The molecule has 5 amide bonds. The van der Waals surface area contributed by atoms with Crippen LogP contribution in [0.1, 0.15) is 74.1 Å². The molecular weight excluding hydrogens is 444 g/mol. The van der Waals surface area contributed by atoms with Crippen molar-refractivity contribution < 1.29 is 33.6 Å². The fraction of sp³-hybridized carbons (Fsp3) is 0.652. The monoisotopic (exact) mass is 478 g/mol. The lowest BCUT2D eigenvalue weighted by Gasteiger charge is -2.41. The molecule has 2 heterocycles. The third-order valence-corrected chi connectivity index (χ3v) is 5.80. The van der Waals surface area contributed by atoms with Crippen molar-refractivity contribution in [3.63, 3.8) is 0 Å². The molecule has 1 unspecified atom stereocenters. The van der Waals surface area contributed by atoms with Crippen molar-refractivity contribution in [1.82, 2.24) is 15.3 Å². The van der Waals surface area contributed by atoms with Gasteiger partial charge in [0.25, 0.3) is 23.6 Å². The predicted octanol–water partition coefficient (Wildman–Crippen LogP) is 0.921. The minimum atomic E-state index is -1.40. The van der Waals surface area contributed by atoms with Crippen LogP contribution in [0.15, 0.2) is 12.2 Å². The summed E-state index contributed by atoms with van der Waals surface area (Å²) in [6, 6.07) is 0. The Morgan fingerprint density at radius 1 is 0.882 bits per heavy atom. The molecule has 188 valence electrons. The standard InChI is InChI=1S/C23H34N4O7/c1-20(2,13-23(7,24)26-14(28)8-9-15(26)29)18(32)25-22(5,6)12-21(3,4)19(33)34-27-16(30)10-11-17(27)31/h8-9H,10-13,24H2,1-7H3,(H,25,32). The first-order valence-corrected chi connectivity index (χ1v) is 11.1.